The Morgan fingerprint density at radius 1 is 0.571 bits per heavy atom. The van der Waals surface area contributed by atoms with Crippen molar-refractivity contribution >= 4 is 26.1 Å². The van der Waals surface area contributed by atoms with E-state index in [9.17, 15) is 9.59 Å². The van der Waals surface area contributed by atoms with E-state index < -0.39 is 0 Å². The topological polar surface area (TPSA) is 34.1 Å². The monoisotopic (exact) mass is 486 g/mol. The number of rotatable bonds is 10. The second-order valence-corrected chi connectivity index (χ2v) is 9.75. The van der Waals surface area contributed by atoms with E-state index in [4.69, 9.17) is 0 Å². The Balaban J connectivity index is 2.26. The number of aryl methyl sites for hydroxylation is 6. The number of ketones is 2. The van der Waals surface area contributed by atoms with E-state index in [0.29, 0.717) is 11.1 Å². The van der Waals surface area contributed by atoms with Gasteiger partial charge in [0, 0.05) is 22.3 Å². The van der Waals surface area contributed by atoms with Crippen molar-refractivity contribution < 1.29 is 9.59 Å². The molecule has 0 aliphatic carbocycles. The van der Waals surface area contributed by atoms with Gasteiger partial charge < -0.3 is 0 Å². The minimum atomic E-state index is -0.0460. The molecule has 0 fully saturated rings. The molecule has 0 aliphatic heterocycles. The molecule has 3 rings (SSSR count). The van der Waals surface area contributed by atoms with Crippen molar-refractivity contribution in [1.82, 2.24) is 0 Å². The Morgan fingerprint density at radius 2 is 0.971 bits per heavy atom. The smallest absolute Gasteiger partial charge is 0.194 e. The van der Waals surface area contributed by atoms with Gasteiger partial charge in [0.15, 0.2) is 11.6 Å². The lowest BCUT2D eigenvalue weighted by molar-refractivity contribution is 0.100. The largest absolute Gasteiger partial charge is 0.289 e. The van der Waals surface area contributed by atoms with Crippen LogP contribution in [0.3, 0.4) is 0 Å². The minimum absolute atomic E-state index is 0.0448. The molecular weight excluding hydrogens is 447 g/mol. The van der Waals surface area contributed by atoms with Gasteiger partial charge in [-0.25, -0.2) is 0 Å². The average molecular weight is 487 g/mol. The number of benzene rings is 3. The predicted octanol–water partition coefficient (Wildman–Crippen LogP) is 7.02. The summed E-state index contributed by atoms with van der Waals surface area (Å²) in [6, 6.07) is 14.3. The molecular formula is C32H39O2P. The van der Waals surface area contributed by atoms with Gasteiger partial charge in [-0.15, -0.1) is 9.24 Å². The third-order valence-corrected chi connectivity index (χ3v) is 7.57. The molecule has 0 spiro atoms. The van der Waals surface area contributed by atoms with E-state index in [1.54, 1.807) is 0 Å². The first-order valence-electron chi connectivity index (χ1n) is 13.1. The molecule has 0 saturated carbocycles. The molecule has 0 saturated heterocycles. The van der Waals surface area contributed by atoms with E-state index in [2.05, 4.69) is 75.0 Å². The molecule has 0 aliphatic rings. The predicted molar refractivity (Wildman–Crippen MR) is 152 cm³/mol. The van der Waals surface area contributed by atoms with Crippen LogP contribution in [0.4, 0.5) is 0 Å². The summed E-state index contributed by atoms with van der Waals surface area (Å²) in [4.78, 5) is 28.4. The van der Waals surface area contributed by atoms with Crippen molar-refractivity contribution in [3.8, 4) is 0 Å². The second-order valence-electron chi connectivity index (χ2n) is 9.13. The fraction of sp³-hybridized carbons (Fsp3) is 0.375. The van der Waals surface area contributed by atoms with Crippen LogP contribution >= 0.6 is 9.24 Å². The SMILES string of the molecule is CCc1cc(CC)c(C(=O)c2cccc(P)c2C(=O)c2c(CC)cc(CC)cc2CC)c(CC)c1. The number of carbonyl (C=O) groups is 2. The standard InChI is InChI=1S/C32H39O2P/c1-7-20-16-22(9-3)28(23(10-4)17-20)31(33)26-14-13-15-27(35)30(26)32(34)29-24(11-5)18-21(8-2)19-25(29)12-6/h13-19H,7-12,35H2,1-6H3. The first-order valence-corrected chi connectivity index (χ1v) is 13.7. The van der Waals surface area contributed by atoms with Gasteiger partial charge in [-0.2, -0.15) is 0 Å². The maximum absolute atomic E-state index is 14.2. The molecule has 0 aromatic heterocycles. The van der Waals surface area contributed by atoms with Gasteiger partial charge in [-0.1, -0.05) is 84.0 Å². The highest BCUT2D eigenvalue weighted by atomic mass is 31.0. The molecule has 184 valence electrons. The maximum atomic E-state index is 14.2. The second kappa shape index (κ2) is 11.9. The van der Waals surface area contributed by atoms with Crippen LogP contribution in [-0.4, -0.2) is 11.6 Å². The van der Waals surface area contributed by atoms with Gasteiger partial charge in [0.1, 0.15) is 0 Å². The van der Waals surface area contributed by atoms with Crippen LogP contribution in [0.15, 0.2) is 42.5 Å². The zero-order valence-electron chi connectivity index (χ0n) is 22.2. The van der Waals surface area contributed by atoms with E-state index in [-0.39, 0.29) is 11.6 Å². The van der Waals surface area contributed by atoms with Gasteiger partial charge in [-0.3, -0.25) is 9.59 Å². The molecule has 35 heavy (non-hydrogen) atoms. The molecule has 0 heterocycles. The molecule has 0 N–H and O–H groups in total. The Bertz CT molecular complexity index is 1200. The van der Waals surface area contributed by atoms with E-state index in [0.717, 1.165) is 77.2 Å². The lowest BCUT2D eigenvalue weighted by atomic mass is 9.84. The van der Waals surface area contributed by atoms with Gasteiger partial charge >= 0.3 is 0 Å². The minimum Gasteiger partial charge on any atom is -0.289 e. The fourth-order valence-corrected chi connectivity index (χ4v) is 5.46. The van der Waals surface area contributed by atoms with Gasteiger partial charge in [0.05, 0.1) is 0 Å². The molecule has 1 atom stereocenters. The van der Waals surface area contributed by atoms with Gasteiger partial charge in [0.25, 0.3) is 0 Å². The first-order chi connectivity index (χ1) is 16.8. The third-order valence-electron chi connectivity index (χ3n) is 7.09. The average Bonchev–Trinajstić information content (AvgIpc) is 2.90. The van der Waals surface area contributed by atoms with Crippen molar-refractivity contribution in [3.63, 3.8) is 0 Å². The first kappa shape index (κ1) is 27.0. The quantitative estimate of drug-likeness (QED) is 0.228. The molecule has 3 aromatic carbocycles. The zero-order chi connectivity index (χ0) is 25.7. The van der Waals surface area contributed by atoms with Crippen LogP contribution in [0.2, 0.25) is 0 Å². The highest BCUT2D eigenvalue weighted by Crippen LogP contribution is 2.28. The van der Waals surface area contributed by atoms with Crippen molar-refractivity contribution in [3.05, 3.63) is 98.1 Å². The summed E-state index contributed by atoms with van der Waals surface area (Å²) in [5.74, 6) is -0.0909. The number of hydrogen-bond acceptors (Lipinski definition) is 2. The Labute approximate surface area is 213 Å². The van der Waals surface area contributed by atoms with Crippen LogP contribution in [0.5, 0.6) is 0 Å². The lowest BCUT2D eigenvalue weighted by Gasteiger charge is -2.19. The normalized spacial score (nSPS) is 11.1. The van der Waals surface area contributed by atoms with Crippen LogP contribution in [-0.2, 0) is 38.5 Å². The zero-order valence-corrected chi connectivity index (χ0v) is 23.3. The summed E-state index contributed by atoms with van der Waals surface area (Å²) in [7, 11) is 2.69. The molecule has 3 heteroatoms. The summed E-state index contributed by atoms with van der Waals surface area (Å²) in [6.45, 7) is 12.7. The van der Waals surface area contributed by atoms with E-state index in [1.807, 2.05) is 18.2 Å². The molecule has 3 aromatic rings. The van der Waals surface area contributed by atoms with Crippen LogP contribution in [0, 0.1) is 0 Å². The molecule has 2 nitrogen and oxygen atoms in total. The van der Waals surface area contributed by atoms with Crippen molar-refractivity contribution in [2.45, 2.75) is 80.1 Å². The molecule has 0 amide bonds. The number of hydrogen-bond donors (Lipinski definition) is 0. The van der Waals surface area contributed by atoms with Crippen LogP contribution in [0.1, 0.15) is 107 Å². The summed E-state index contributed by atoms with van der Waals surface area (Å²) >= 11 is 0. The van der Waals surface area contributed by atoms with Crippen molar-refractivity contribution in [2.75, 3.05) is 0 Å². The summed E-state index contributed by atoms with van der Waals surface area (Å²) < 4.78 is 0. The van der Waals surface area contributed by atoms with Crippen molar-refractivity contribution in [2.24, 2.45) is 0 Å². The fourth-order valence-electron chi connectivity index (χ4n) is 5.06. The number of carbonyl (C=O) groups excluding carboxylic acids is 2. The molecule has 0 bridgehead atoms. The van der Waals surface area contributed by atoms with Gasteiger partial charge in [0.2, 0.25) is 0 Å². The summed E-state index contributed by atoms with van der Waals surface area (Å²) in [5, 5.41) is 0.769. The third kappa shape index (κ3) is 5.34. The van der Waals surface area contributed by atoms with Crippen LogP contribution in [0.25, 0.3) is 0 Å². The Morgan fingerprint density at radius 3 is 1.34 bits per heavy atom. The van der Waals surface area contributed by atoms with Crippen LogP contribution < -0.4 is 5.30 Å². The molecule has 0 radical (unpaired) electrons. The molecule has 1 unspecified atom stereocenters. The van der Waals surface area contributed by atoms with E-state index in [1.165, 1.54) is 11.1 Å². The van der Waals surface area contributed by atoms with E-state index >= 15 is 0 Å². The summed E-state index contributed by atoms with van der Waals surface area (Å²) in [5.41, 5.74) is 9.31. The van der Waals surface area contributed by atoms with Crippen molar-refractivity contribution in [1.29, 1.82) is 0 Å². The Hall–Kier alpha value is -2.57. The summed E-state index contributed by atoms with van der Waals surface area (Å²) in [6.07, 6.45) is 5.00. The maximum Gasteiger partial charge on any atom is 0.194 e. The Kier molecular flexibility index (Phi) is 9.20. The highest BCUT2D eigenvalue weighted by molar-refractivity contribution is 7.27. The van der Waals surface area contributed by atoms with Gasteiger partial charge in [-0.05, 0) is 77.2 Å². The highest BCUT2D eigenvalue weighted by Gasteiger charge is 2.27. The lowest BCUT2D eigenvalue weighted by Crippen LogP contribution is -2.22.